The molecule has 0 aliphatic carbocycles. The number of hydrogen-bond acceptors (Lipinski definition) is 4. The molecule has 0 atom stereocenters. The zero-order chi connectivity index (χ0) is 15.4. The quantitative estimate of drug-likeness (QED) is 0.789. The lowest BCUT2D eigenvalue weighted by atomic mass is 10.1. The third-order valence-corrected chi connectivity index (χ3v) is 5.21. The van der Waals surface area contributed by atoms with Gasteiger partial charge in [0, 0.05) is 31.6 Å². The van der Waals surface area contributed by atoms with Crippen molar-refractivity contribution in [2.75, 3.05) is 46.0 Å². The van der Waals surface area contributed by atoms with Crippen LogP contribution < -0.4 is 0 Å². The topological polar surface area (TPSA) is 19.4 Å². The van der Waals surface area contributed by atoms with Gasteiger partial charge in [0.15, 0.2) is 0 Å². The molecule has 0 amide bonds. The van der Waals surface area contributed by atoms with E-state index < -0.39 is 0 Å². The molecule has 1 fully saturated rings. The molecule has 0 spiro atoms. The van der Waals surface area contributed by atoms with Gasteiger partial charge in [0.25, 0.3) is 0 Å². The first-order valence-corrected chi connectivity index (χ1v) is 9.32. The lowest BCUT2D eigenvalue weighted by Crippen LogP contribution is -2.44. The number of aromatic nitrogens is 1. The molecule has 0 saturated carbocycles. The molecule has 2 heterocycles. The van der Waals surface area contributed by atoms with Crippen molar-refractivity contribution in [2.24, 2.45) is 0 Å². The Bertz CT molecular complexity index is 621. The molecule has 118 valence electrons. The van der Waals surface area contributed by atoms with Crippen LogP contribution >= 0.6 is 11.8 Å². The summed E-state index contributed by atoms with van der Waals surface area (Å²) in [5, 5.41) is 2.45. The molecule has 1 saturated heterocycles. The first-order valence-electron chi connectivity index (χ1n) is 8.10. The normalized spacial score (nSPS) is 17.2. The van der Waals surface area contributed by atoms with Crippen molar-refractivity contribution in [3.05, 3.63) is 35.9 Å². The van der Waals surface area contributed by atoms with Crippen LogP contribution in [0.15, 0.2) is 35.4 Å². The molecule has 1 aliphatic heterocycles. The number of rotatable bonds is 5. The largest absolute Gasteiger partial charge is 0.304 e. The second kappa shape index (κ2) is 7.44. The Morgan fingerprint density at radius 1 is 1.14 bits per heavy atom. The van der Waals surface area contributed by atoms with Crippen LogP contribution in [0, 0.1) is 0 Å². The molecule has 1 aromatic carbocycles. The number of thioether (sulfide) groups is 1. The molecule has 0 radical (unpaired) electrons. The SMILES string of the molecule is CSc1nc2ccccc2cc1CCCN1CCN(C)CC1. The molecule has 0 unspecified atom stereocenters. The molecule has 22 heavy (non-hydrogen) atoms. The van der Waals surface area contributed by atoms with Crippen molar-refractivity contribution in [2.45, 2.75) is 17.9 Å². The van der Waals surface area contributed by atoms with Crippen LogP contribution in [0.1, 0.15) is 12.0 Å². The maximum absolute atomic E-state index is 4.81. The van der Waals surface area contributed by atoms with Crippen molar-refractivity contribution in [3.8, 4) is 0 Å². The van der Waals surface area contributed by atoms with Gasteiger partial charge in [0.1, 0.15) is 0 Å². The van der Waals surface area contributed by atoms with E-state index in [4.69, 9.17) is 4.98 Å². The average Bonchev–Trinajstić information content (AvgIpc) is 2.56. The van der Waals surface area contributed by atoms with Crippen molar-refractivity contribution in [1.82, 2.24) is 14.8 Å². The van der Waals surface area contributed by atoms with Crippen molar-refractivity contribution in [1.29, 1.82) is 0 Å². The third kappa shape index (κ3) is 3.80. The van der Waals surface area contributed by atoms with Crippen LogP contribution in [0.2, 0.25) is 0 Å². The second-order valence-electron chi connectivity index (χ2n) is 6.10. The van der Waals surface area contributed by atoms with E-state index in [1.54, 1.807) is 11.8 Å². The summed E-state index contributed by atoms with van der Waals surface area (Å²) in [6.45, 7) is 6.03. The highest BCUT2D eigenvalue weighted by Gasteiger charge is 2.13. The predicted octanol–water partition coefficient (Wildman–Crippen LogP) is 3.14. The van der Waals surface area contributed by atoms with E-state index >= 15 is 0 Å². The van der Waals surface area contributed by atoms with Crippen LogP contribution in [0.25, 0.3) is 10.9 Å². The molecular weight excluding hydrogens is 290 g/mol. The molecule has 1 aromatic heterocycles. The number of aryl methyl sites for hydroxylation is 1. The van der Waals surface area contributed by atoms with E-state index in [-0.39, 0.29) is 0 Å². The number of piperazine rings is 1. The molecule has 4 heteroatoms. The number of likely N-dealkylation sites (N-methyl/N-ethyl adjacent to an activating group) is 1. The fourth-order valence-electron chi connectivity index (χ4n) is 3.06. The van der Waals surface area contributed by atoms with Crippen LogP contribution in [0.4, 0.5) is 0 Å². The molecule has 3 rings (SSSR count). The summed E-state index contributed by atoms with van der Waals surface area (Å²) in [5.41, 5.74) is 2.51. The van der Waals surface area contributed by atoms with Gasteiger partial charge in [0.05, 0.1) is 10.5 Å². The molecule has 1 aliphatic rings. The molecule has 3 nitrogen and oxygen atoms in total. The van der Waals surface area contributed by atoms with Gasteiger partial charge in [-0.05, 0) is 50.4 Å². The summed E-state index contributed by atoms with van der Waals surface area (Å²) in [7, 11) is 2.21. The Labute approximate surface area is 137 Å². The number of benzene rings is 1. The minimum absolute atomic E-state index is 1.11. The Hall–Kier alpha value is -1.10. The summed E-state index contributed by atoms with van der Waals surface area (Å²) in [5.74, 6) is 0. The van der Waals surface area contributed by atoms with E-state index in [2.05, 4.69) is 53.4 Å². The zero-order valence-electron chi connectivity index (χ0n) is 13.6. The van der Waals surface area contributed by atoms with Crippen LogP contribution in [0.3, 0.4) is 0 Å². The van der Waals surface area contributed by atoms with E-state index in [1.165, 1.54) is 55.1 Å². The average molecular weight is 315 g/mol. The van der Waals surface area contributed by atoms with E-state index in [1.807, 2.05) is 0 Å². The Balaban J connectivity index is 1.63. The molecule has 0 N–H and O–H groups in total. The summed E-state index contributed by atoms with van der Waals surface area (Å²) in [6.07, 6.45) is 4.47. The standard InChI is InChI=1S/C18H25N3S/c1-20-10-12-21(13-11-20)9-5-7-16-14-15-6-3-4-8-17(15)19-18(16)22-2/h3-4,6,8,14H,5,7,9-13H2,1-2H3. The minimum atomic E-state index is 1.11. The zero-order valence-corrected chi connectivity index (χ0v) is 14.4. The summed E-state index contributed by atoms with van der Waals surface area (Å²) >= 11 is 1.77. The number of fused-ring (bicyclic) bond motifs is 1. The van der Waals surface area contributed by atoms with Gasteiger partial charge in [-0.25, -0.2) is 4.98 Å². The van der Waals surface area contributed by atoms with Gasteiger partial charge in [-0.2, -0.15) is 0 Å². The lowest BCUT2D eigenvalue weighted by molar-refractivity contribution is 0.153. The predicted molar refractivity (Wildman–Crippen MR) is 95.8 cm³/mol. The van der Waals surface area contributed by atoms with Crippen molar-refractivity contribution in [3.63, 3.8) is 0 Å². The van der Waals surface area contributed by atoms with E-state index in [0.717, 1.165) is 11.9 Å². The molecular formula is C18H25N3S. The van der Waals surface area contributed by atoms with Gasteiger partial charge >= 0.3 is 0 Å². The monoisotopic (exact) mass is 315 g/mol. The Kier molecular flexibility index (Phi) is 5.34. The van der Waals surface area contributed by atoms with Crippen molar-refractivity contribution >= 4 is 22.7 Å². The van der Waals surface area contributed by atoms with Gasteiger partial charge in [-0.3, -0.25) is 0 Å². The highest BCUT2D eigenvalue weighted by Crippen LogP contribution is 2.24. The van der Waals surface area contributed by atoms with Crippen LogP contribution in [-0.4, -0.2) is 60.8 Å². The Morgan fingerprint density at radius 2 is 1.91 bits per heavy atom. The molecule has 2 aromatic rings. The summed E-state index contributed by atoms with van der Waals surface area (Å²) < 4.78 is 0. The first kappa shape index (κ1) is 15.8. The number of nitrogens with zero attached hydrogens (tertiary/aromatic N) is 3. The van der Waals surface area contributed by atoms with Crippen LogP contribution in [0.5, 0.6) is 0 Å². The highest BCUT2D eigenvalue weighted by molar-refractivity contribution is 7.98. The Morgan fingerprint density at radius 3 is 2.68 bits per heavy atom. The van der Waals surface area contributed by atoms with E-state index in [9.17, 15) is 0 Å². The minimum Gasteiger partial charge on any atom is -0.304 e. The maximum Gasteiger partial charge on any atom is 0.0996 e. The summed E-state index contributed by atoms with van der Waals surface area (Å²) in [6, 6.07) is 10.8. The van der Waals surface area contributed by atoms with Crippen LogP contribution in [-0.2, 0) is 6.42 Å². The summed E-state index contributed by atoms with van der Waals surface area (Å²) in [4.78, 5) is 9.81. The van der Waals surface area contributed by atoms with E-state index in [0.29, 0.717) is 0 Å². The molecule has 0 bridgehead atoms. The third-order valence-electron chi connectivity index (χ3n) is 4.47. The van der Waals surface area contributed by atoms with Gasteiger partial charge in [-0.1, -0.05) is 18.2 Å². The smallest absolute Gasteiger partial charge is 0.0996 e. The van der Waals surface area contributed by atoms with Crippen molar-refractivity contribution < 1.29 is 0 Å². The highest BCUT2D eigenvalue weighted by atomic mass is 32.2. The second-order valence-corrected chi connectivity index (χ2v) is 6.89. The fourth-order valence-corrected chi connectivity index (χ4v) is 3.68. The van der Waals surface area contributed by atoms with Gasteiger partial charge in [-0.15, -0.1) is 11.8 Å². The number of hydrogen-bond donors (Lipinski definition) is 0. The first-order chi connectivity index (χ1) is 10.8. The number of para-hydroxylation sites is 1. The maximum atomic E-state index is 4.81. The van der Waals surface area contributed by atoms with Gasteiger partial charge in [0.2, 0.25) is 0 Å². The fraction of sp³-hybridized carbons (Fsp3) is 0.500. The van der Waals surface area contributed by atoms with Gasteiger partial charge < -0.3 is 9.80 Å². The lowest BCUT2D eigenvalue weighted by Gasteiger charge is -2.32. The number of pyridine rings is 1.